The third-order valence-electron chi connectivity index (χ3n) is 3.17. The highest BCUT2D eigenvalue weighted by molar-refractivity contribution is 5.40. The van der Waals surface area contributed by atoms with Crippen molar-refractivity contribution < 1.29 is 4.74 Å². The summed E-state index contributed by atoms with van der Waals surface area (Å²) in [5.41, 5.74) is 2.72. The van der Waals surface area contributed by atoms with Crippen molar-refractivity contribution in [2.75, 3.05) is 6.61 Å². The molecule has 17 heavy (non-hydrogen) atoms. The van der Waals surface area contributed by atoms with E-state index in [4.69, 9.17) is 4.74 Å². The maximum absolute atomic E-state index is 5.73. The molecular weight excluding hydrogens is 208 g/mol. The first-order chi connectivity index (χ1) is 8.26. The molecule has 0 saturated carbocycles. The van der Waals surface area contributed by atoms with E-state index in [1.54, 1.807) is 0 Å². The summed E-state index contributed by atoms with van der Waals surface area (Å²) in [6.45, 7) is 11.0. The van der Waals surface area contributed by atoms with E-state index < -0.39 is 0 Å². The molecule has 1 nitrogen and oxygen atoms in total. The van der Waals surface area contributed by atoms with Crippen molar-refractivity contribution in [3.8, 4) is 5.75 Å². The average Bonchev–Trinajstić information content (AvgIpc) is 2.37. The van der Waals surface area contributed by atoms with Crippen molar-refractivity contribution in [1.29, 1.82) is 0 Å². The normalized spacial score (nSPS) is 12.2. The molecule has 0 aliphatic carbocycles. The van der Waals surface area contributed by atoms with Gasteiger partial charge in [-0.25, -0.2) is 0 Å². The third kappa shape index (κ3) is 3.62. The van der Waals surface area contributed by atoms with Crippen LogP contribution in [0.3, 0.4) is 0 Å². The number of hydrogen-bond donors (Lipinski definition) is 0. The molecule has 1 unspecified atom stereocenters. The van der Waals surface area contributed by atoms with Crippen LogP contribution in [-0.4, -0.2) is 6.61 Å². The van der Waals surface area contributed by atoms with E-state index in [-0.39, 0.29) is 0 Å². The lowest BCUT2D eigenvalue weighted by molar-refractivity contribution is 0.333. The van der Waals surface area contributed by atoms with Gasteiger partial charge in [-0.2, -0.15) is 0 Å². The summed E-state index contributed by atoms with van der Waals surface area (Å²) in [6.07, 6.45) is 5.22. The minimum absolute atomic E-state index is 0.528. The molecule has 0 N–H and O–H groups in total. The molecule has 1 heteroatoms. The minimum atomic E-state index is 0.528. The van der Waals surface area contributed by atoms with E-state index in [2.05, 4.69) is 38.6 Å². The summed E-state index contributed by atoms with van der Waals surface area (Å²) in [7, 11) is 0. The van der Waals surface area contributed by atoms with Crippen LogP contribution in [0.25, 0.3) is 0 Å². The smallest absolute Gasteiger partial charge is 0.122 e. The van der Waals surface area contributed by atoms with Gasteiger partial charge in [-0.05, 0) is 49.3 Å². The zero-order valence-corrected chi connectivity index (χ0v) is 11.3. The molecule has 1 aromatic rings. The molecular formula is C16H24O. The number of rotatable bonds is 7. The van der Waals surface area contributed by atoms with Gasteiger partial charge in [0.05, 0.1) is 6.61 Å². The Balaban J connectivity index is 3.09. The quantitative estimate of drug-likeness (QED) is 0.618. The highest BCUT2D eigenvalue weighted by Gasteiger charge is 2.13. The second kappa shape index (κ2) is 7.16. The van der Waals surface area contributed by atoms with Crippen LogP contribution < -0.4 is 4.74 Å². The van der Waals surface area contributed by atoms with Crippen molar-refractivity contribution in [2.45, 2.75) is 46.0 Å². The van der Waals surface area contributed by atoms with Crippen LogP contribution in [0.5, 0.6) is 5.75 Å². The van der Waals surface area contributed by atoms with Gasteiger partial charge in [0.1, 0.15) is 5.75 Å². The number of allylic oxidation sites excluding steroid dienone is 1. The highest BCUT2D eigenvalue weighted by atomic mass is 16.5. The lowest BCUT2D eigenvalue weighted by atomic mass is 9.91. The molecule has 94 valence electrons. The Bertz CT molecular complexity index is 355. The Hall–Kier alpha value is -1.24. The van der Waals surface area contributed by atoms with E-state index in [9.17, 15) is 0 Å². The lowest BCUT2D eigenvalue weighted by Gasteiger charge is -2.18. The molecule has 1 aromatic carbocycles. The molecule has 0 radical (unpaired) electrons. The lowest BCUT2D eigenvalue weighted by Crippen LogP contribution is -2.03. The van der Waals surface area contributed by atoms with Gasteiger partial charge in [0.2, 0.25) is 0 Å². The summed E-state index contributed by atoms with van der Waals surface area (Å²) in [5.74, 6) is 1.57. The Morgan fingerprint density at radius 3 is 2.59 bits per heavy atom. The minimum Gasteiger partial charge on any atom is -0.494 e. The Labute approximate surface area is 106 Å². The number of ether oxygens (including phenoxy) is 1. The standard InChI is InChI=1S/C16H24O/c1-5-9-14(7-3)15-12-13(6-2)10-11-16(15)17-8-4/h5,10-12,14H,1,6-9H2,2-4H3. The first-order valence-corrected chi connectivity index (χ1v) is 6.63. The first-order valence-electron chi connectivity index (χ1n) is 6.63. The number of aryl methyl sites for hydroxylation is 1. The van der Waals surface area contributed by atoms with Crippen molar-refractivity contribution in [3.63, 3.8) is 0 Å². The van der Waals surface area contributed by atoms with E-state index in [1.165, 1.54) is 11.1 Å². The summed E-state index contributed by atoms with van der Waals surface area (Å²) in [6, 6.07) is 6.57. The predicted molar refractivity (Wildman–Crippen MR) is 74.8 cm³/mol. The molecule has 0 aliphatic heterocycles. The molecule has 0 saturated heterocycles. The maximum atomic E-state index is 5.73. The van der Waals surface area contributed by atoms with Gasteiger partial charge < -0.3 is 4.74 Å². The molecule has 0 amide bonds. The van der Waals surface area contributed by atoms with E-state index in [1.807, 2.05) is 13.0 Å². The predicted octanol–water partition coefficient (Wildman–Crippen LogP) is 4.72. The summed E-state index contributed by atoms with van der Waals surface area (Å²) in [4.78, 5) is 0. The molecule has 1 rings (SSSR count). The van der Waals surface area contributed by atoms with Gasteiger partial charge in [-0.15, -0.1) is 6.58 Å². The second-order valence-corrected chi connectivity index (χ2v) is 4.29. The van der Waals surface area contributed by atoms with Gasteiger partial charge in [-0.3, -0.25) is 0 Å². The largest absolute Gasteiger partial charge is 0.494 e. The molecule has 0 fully saturated rings. The summed E-state index contributed by atoms with van der Waals surface area (Å²) >= 11 is 0. The van der Waals surface area contributed by atoms with Crippen molar-refractivity contribution in [1.82, 2.24) is 0 Å². The van der Waals surface area contributed by atoms with Crippen LogP contribution >= 0.6 is 0 Å². The number of benzene rings is 1. The van der Waals surface area contributed by atoms with E-state index in [0.29, 0.717) is 5.92 Å². The van der Waals surface area contributed by atoms with Crippen molar-refractivity contribution in [3.05, 3.63) is 42.0 Å². The fourth-order valence-electron chi connectivity index (χ4n) is 2.14. The fourth-order valence-corrected chi connectivity index (χ4v) is 2.14. The van der Waals surface area contributed by atoms with Gasteiger partial charge >= 0.3 is 0 Å². The Kier molecular flexibility index (Phi) is 5.82. The summed E-state index contributed by atoms with van der Waals surface area (Å²) < 4.78 is 5.73. The van der Waals surface area contributed by atoms with Crippen LogP contribution in [-0.2, 0) is 6.42 Å². The molecule has 0 spiro atoms. The Morgan fingerprint density at radius 1 is 1.29 bits per heavy atom. The fraction of sp³-hybridized carbons (Fsp3) is 0.500. The SMILES string of the molecule is C=CCC(CC)c1cc(CC)ccc1OCC. The first kappa shape index (κ1) is 13.8. The average molecular weight is 232 g/mol. The van der Waals surface area contributed by atoms with Crippen molar-refractivity contribution in [2.24, 2.45) is 0 Å². The van der Waals surface area contributed by atoms with Crippen LogP contribution in [0, 0.1) is 0 Å². The molecule has 0 aliphatic rings. The van der Waals surface area contributed by atoms with Crippen LogP contribution in [0.2, 0.25) is 0 Å². The molecule has 0 bridgehead atoms. The van der Waals surface area contributed by atoms with Gasteiger partial charge in [0, 0.05) is 0 Å². The highest BCUT2D eigenvalue weighted by Crippen LogP contribution is 2.32. The molecule has 0 aromatic heterocycles. The zero-order chi connectivity index (χ0) is 12.7. The van der Waals surface area contributed by atoms with Crippen LogP contribution in [0.1, 0.15) is 50.7 Å². The van der Waals surface area contributed by atoms with Gasteiger partial charge in [0.15, 0.2) is 0 Å². The van der Waals surface area contributed by atoms with E-state index >= 15 is 0 Å². The van der Waals surface area contributed by atoms with Gasteiger partial charge in [0.25, 0.3) is 0 Å². The van der Waals surface area contributed by atoms with Crippen LogP contribution in [0.4, 0.5) is 0 Å². The van der Waals surface area contributed by atoms with Crippen molar-refractivity contribution >= 4 is 0 Å². The van der Waals surface area contributed by atoms with E-state index in [0.717, 1.165) is 31.6 Å². The third-order valence-corrected chi connectivity index (χ3v) is 3.17. The van der Waals surface area contributed by atoms with Gasteiger partial charge in [-0.1, -0.05) is 32.1 Å². The Morgan fingerprint density at radius 2 is 2.06 bits per heavy atom. The molecule has 1 atom stereocenters. The topological polar surface area (TPSA) is 9.23 Å². The zero-order valence-electron chi connectivity index (χ0n) is 11.3. The number of hydrogen-bond acceptors (Lipinski definition) is 1. The second-order valence-electron chi connectivity index (χ2n) is 4.29. The molecule has 0 heterocycles. The maximum Gasteiger partial charge on any atom is 0.122 e. The monoisotopic (exact) mass is 232 g/mol. The summed E-state index contributed by atoms with van der Waals surface area (Å²) in [5, 5.41) is 0. The van der Waals surface area contributed by atoms with Crippen LogP contribution in [0.15, 0.2) is 30.9 Å².